The van der Waals surface area contributed by atoms with Crippen molar-refractivity contribution in [3.63, 3.8) is 0 Å². The van der Waals surface area contributed by atoms with Gasteiger partial charge in [0.25, 0.3) is 0 Å². The SMILES string of the molecule is NC(=S)NN/C(=N\c1ccc[nH]1)c1ccc[nH]1. The number of nitrogens with one attached hydrogen (secondary N) is 4. The van der Waals surface area contributed by atoms with Gasteiger partial charge < -0.3 is 15.7 Å². The molecule has 88 valence electrons. The van der Waals surface area contributed by atoms with Crippen LogP contribution in [0.4, 0.5) is 5.82 Å². The maximum Gasteiger partial charge on any atom is 0.182 e. The molecule has 2 aromatic heterocycles. The minimum Gasteiger partial charge on any atom is -0.375 e. The van der Waals surface area contributed by atoms with E-state index in [4.69, 9.17) is 18.0 Å². The number of hydrogen-bond donors (Lipinski definition) is 5. The fourth-order valence-corrected chi connectivity index (χ4v) is 1.32. The number of nitrogens with zero attached hydrogens (tertiary/aromatic N) is 1. The van der Waals surface area contributed by atoms with Crippen LogP contribution >= 0.6 is 12.2 Å². The fraction of sp³-hybridized carbons (Fsp3) is 0. The zero-order valence-corrected chi connectivity index (χ0v) is 9.71. The lowest BCUT2D eigenvalue weighted by molar-refractivity contribution is 0.865. The summed E-state index contributed by atoms with van der Waals surface area (Å²) in [4.78, 5) is 10.4. The number of hydrazine groups is 1. The van der Waals surface area contributed by atoms with Gasteiger partial charge in [-0.05, 0) is 36.5 Å². The number of rotatable bonds is 2. The van der Waals surface area contributed by atoms with Crippen LogP contribution in [-0.4, -0.2) is 20.9 Å². The first-order chi connectivity index (χ1) is 8.25. The summed E-state index contributed by atoms with van der Waals surface area (Å²) in [5.41, 5.74) is 11.7. The number of aliphatic imine (C=N–C) groups is 1. The summed E-state index contributed by atoms with van der Waals surface area (Å²) in [5.74, 6) is 1.32. The van der Waals surface area contributed by atoms with Crippen molar-refractivity contribution >= 4 is 29.0 Å². The summed E-state index contributed by atoms with van der Waals surface area (Å²) >= 11 is 4.72. The van der Waals surface area contributed by atoms with Gasteiger partial charge in [0, 0.05) is 12.4 Å². The fourth-order valence-electron chi connectivity index (χ4n) is 1.26. The highest BCUT2D eigenvalue weighted by atomic mass is 32.1. The van der Waals surface area contributed by atoms with Crippen LogP contribution in [0.15, 0.2) is 41.7 Å². The van der Waals surface area contributed by atoms with Gasteiger partial charge >= 0.3 is 0 Å². The monoisotopic (exact) mass is 248 g/mol. The van der Waals surface area contributed by atoms with Crippen molar-refractivity contribution in [2.45, 2.75) is 0 Å². The second-order valence-corrected chi connectivity index (χ2v) is 3.65. The van der Waals surface area contributed by atoms with Crippen LogP contribution in [0.25, 0.3) is 0 Å². The highest BCUT2D eigenvalue weighted by Crippen LogP contribution is 2.08. The average molecular weight is 248 g/mol. The molecule has 0 atom stereocenters. The average Bonchev–Trinajstić information content (AvgIpc) is 2.96. The molecule has 0 spiro atoms. The molecule has 0 unspecified atom stereocenters. The molecule has 0 aliphatic heterocycles. The van der Waals surface area contributed by atoms with E-state index in [1.807, 2.05) is 30.5 Å². The highest BCUT2D eigenvalue weighted by molar-refractivity contribution is 7.80. The topological polar surface area (TPSA) is 94.0 Å². The quantitative estimate of drug-likeness (QED) is 0.235. The minimum atomic E-state index is 0.149. The number of aromatic nitrogens is 2. The Morgan fingerprint density at radius 2 is 1.94 bits per heavy atom. The largest absolute Gasteiger partial charge is 0.375 e. The van der Waals surface area contributed by atoms with E-state index in [-0.39, 0.29) is 5.11 Å². The van der Waals surface area contributed by atoms with Gasteiger partial charge in [-0.2, -0.15) is 0 Å². The third kappa shape index (κ3) is 3.08. The van der Waals surface area contributed by atoms with E-state index in [2.05, 4.69) is 25.8 Å². The molecular weight excluding hydrogens is 236 g/mol. The van der Waals surface area contributed by atoms with E-state index in [1.165, 1.54) is 0 Å². The Kier molecular flexibility index (Phi) is 3.41. The zero-order chi connectivity index (χ0) is 12.1. The Labute approximate surface area is 103 Å². The molecule has 2 aromatic rings. The van der Waals surface area contributed by atoms with Crippen LogP contribution < -0.4 is 16.6 Å². The lowest BCUT2D eigenvalue weighted by atomic mass is 10.4. The molecule has 0 amide bonds. The number of thiocarbonyl (C=S) groups is 1. The molecule has 7 heteroatoms. The Morgan fingerprint density at radius 1 is 1.18 bits per heavy atom. The first kappa shape index (κ1) is 11.2. The van der Waals surface area contributed by atoms with Crippen molar-refractivity contribution in [3.05, 3.63) is 42.4 Å². The summed E-state index contributed by atoms with van der Waals surface area (Å²) in [6, 6.07) is 7.48. The van der Waals surface area contributed by atoms with Gasteiger partial charge in [0.05, 0.1) is 5.69 Å². The van der Waals surface area contributed by atoms with Crippen LogP contribution in [-0.2, 0) is 0 Å². The molecule has 0 fully saturated rings. The van der Waals surface area contributed by atoms with Crippen molar-refractivity contribution in [2.24, 2.45) is 10.7 Å². The summed E-state index contributed by atoms with van der Waals surface area (Å²) in [6.07, 6.45) is 3.61. The van der Waals surface area contributed by atoms with Crippen LogP contribution in [0.5, 0.6) is 0 Å². The molecule has 6 N–H and O–H groups in total. The summed E-state index contributed by atoms with van der Waals surface area (Å²) in [7, 11) is 0. The molecule has 2 rings (SSSR count). The van der Waals surface area contributed by atoms with Gasteiger partial charge in [0.15, 0.2) is 10.9 Å². The van der Waals surface area contributed by atoms with E-state index in [0.717, 1.165) is 11.5 Å². The van der Waals surface area contributed by atoms with Crippen LogP contribution in [0, 0.1) is 0 Å². The summed E-state index contributed by atoms with van der Waals surface area (Å²) < 4.78 is 0. The molecule has 17 heavy (non-hydrogen) atoms. The van der Waals surface area contributed by atoms with E-state index in [9.17, 15) is 0 Å². The van der Waals surface area contributed by atoms with Gasteiger partial charge in [-0.3, -0.25) is 10.9 Å². The third-order valence-corrected chi connectivity index (χ3v) is 2.07. The number of amidine groups is 1. The molecule has 6 nitrogen and oxygen atoms in total. The van der Waals surface area contributed by atoms with Crippen LogP contribution in [0.1, 0.15) is 5.69 Å². The molecule has 0 saturated heterocycles. The number of nitrogens with two attached hydrogens (primary N) is 1. The van der Waals surface area contributed by atoms with Crippen molar-refractivity contribution in [2.75, 3.05) is 0 Å². The second-order valence-electron chi connectivity index (χ2n) is 3.21. The Bertz CT molecular complexity index is 499. The highest BCUT2D eigenvalue weighted by Gasteiger charge is 2.04. The summed E-state index contributed by atoms with van der Waals surface area (Å²) in [6.45, 7) is 0. The predicted octanol–water partition coefficient (Wildman–Crippen LogP) is 0.759. The molecule has 0 aliphatic rings. The van der Waals surface area contributed by atoms with Crippen molar-refractivity contribution in [1.29, 1.82) is 0 Å². The van der Waals surface area contributed by atoms with Crippen molar-refractivity contribution < 1.29 is 0 Å². The molecule has 0 aliphatic carbocycles. The maximum atomic E-state index is 5.35. The van der Waals surface area contributed by atoms with Crippen LogP contribution in [0.3, 0.4) is 0 Å². The molecule has 0 aromatic carbocycles. The zero-order valence-electron chi connectivity index (χ0n) is 8.90. The standard InChI is InChI=1S/C10H12N6S/c11-10(17)16-15-9(7-3-1-5-12-7)14-8-4-2-6-13-8/h1-6,12-13H,(H,14,15)(H3,11,16,17). The van der Waals surface area contributed by atoms with Gasteiger partial charge in [-0.15, -0.1) is 0 Å². The molecule has 0 bridgehead atoms. The first-order valence-corrected chi connectivity index (χ1v) is 5.34. The van der Waals surface area contributed by atoms with Gasteiger partial charge in [0.1, 0.15) is 5.82 Å². The number of H-pyrrole nitrogens is 2. The summed E-state index contributed by atoms with van der Waals surface area (Å²) in [5, 5.41) is 0.149. The first-order valence-electron chi connectivity index (χ1n) is 4.93. The van der Waals surface area contributed by atoms with Gasteiger partial charge in [-0.1, -0.05) is 0 Å². The molecule has 0 radical (unpaired) electrons. The Hall–Kier alpha value is -2.28. The molecule has 2 heterocycles. The van der Waals surface area contributed by atoms with E-state index in [1.54, 1.807) is 6.20 Å². The van der Waals surface area contributed by atoms with Crippen molar-refractivity contribution in [1.82, 2.24) is 20.8 Å². The second kappa shape index (κ2) is 5.17. The Balaban J connectivity index is 2.21. The van der Waals surface area contributed by atoms with Crippen LogP contribution in [0.2, 0.25) is 0 Å². The molecule has 0 saturated carbocycles. The number of aromatic amines is 2. The van der Waals surface area contributed by atoms with Gasteiger partial charge in [0.2, 0.25) is 0 Å². The van der Waals surface area contributed by atoms with E-state index < -0.39 is 0 Å². The molecular formula is C10H12N6S. The lowest BCUT2D eigenvalue weighted by Gasteiger charge is -2.09. The van der Waals surface area contributed by atoms with Crippen molar-refractivity contribution in [3.8, 4) is 0 Å². The van der Waals surface area contributed by atoms with E-state index in [0.29, 0.717) is 5.84 Å². The lowest BCUT2D eigenvalue weighted by Crippen LogP contribution is -2.44. The third-order valence-electron chi connectivity index (χ3n) is 1.97. The van der Waals surface area contributed by atoms with Gasteiger partial charge in [-0.25, -0.2) is 4.99 Å². The minimum absolute atomic E-state index is 0.149. The predicted molar refractivity (Wildman–Crippen MR) is 70.8 cm³/mol. The Morgan fingerprint density at radius 3 is 2.53 bits per heavy atom. The smallest absolute Gasteiger partial charge is 0.182 e. The maximum absolute atomic E-state index is 5.35. The number of hydrogen-bond acceptors (Lipinski definition) is 2. The normalized spacial score (nSPS) is 11.2. The van der Waals surface area contributed by atoms with E-state index >= 15 is 0 Å².